The maximum atomic E-state index is 8.88. The predicted molar refractivity (Wildman–Crippen MR) is 86.7 cm³/mol. The molecule has 0 fully saturated rings. The first-order chi connectivity index (χ1) is 9.69. The van der Waals surface area contributed by atoms with E-state index in [0.717, 1.165) is 17.1 Å². The van der Waals surface area contributed by atoms with Crippen LogP contribution >= 0.6 is 11.8 Å². The standard InChI is InChI=1S/C18H19NS/c1-14(2)18-8-6-15(7-9-18)12-20-13-17-5-3-4-16(10-17)11-19/h3-10,14H,12-13H2,1-2H3. The first kappa shape index (κ1) is 14.7. The van der Waals surface area contributed by atoms with E-state index < -0.39 is 0 Å². The average Bonchev–Trinajstić information content (AvgIpc) is 2.48. The molecule has 2 aromatic carbocycles. The van der Waals surface area contributed by atoms with E-state index in [4.69, 9.17) is 5.26 Å². The summed E-state index contributed by atoms with van der Waals surface area (Å²) in [6, 6.07) is 18.9. The zero-order chi connectivity index (χ0) is 14.4. The van der Waals surface area contributed by atoms with Gasteiger partial charge in [0.1, 0.15) is 0 Å². The van der Waals surface area contributed by atoms with Crippen molar-refractivity contribution in [1.82, 2.24) is 0 Å². The van der Waals surface area contributed by atoms with Crippen LogP contribution in [0.25, 0.3) is 0 Å². The third-order valence-corrected chi connectivity index (χ3v) is 4.31. The highest BCUT2D eigenvalue weighted by Gasteiger charge is 2.00. The lowest BCUT2D eigenvalue weighted by atomic mass is 10.0. The van der Waals surface area contributed by atoms with Crippen LogP contribution < -0.4 is 0 Å². The first-order valence-corrected chi connectivity index (χ1v) is 8.00. The van der Waals surface area contributed by atoms with Gasteiger partial charge in [0.2, 0.25) is 0 Å². The van der Waals surface area contributed by atoms with Crippen LogP contribution in [0.5, 0.6) is 0 Å². The molecule has 0 aliphatic rings. The van der Waals surface area contributed by atoms with Gasteiger partial charge in [0, 0.05) is 11.5 Å². The molecular weight excluding hydrogens is 262 g/mol. The van der Waals surface area contributed by atoms with Crippen LogP contribution in [0.4, 0.5) is 0 Å². The molecule has 0 amide bonds. The number of hydrogen-bond donors (Lipinski definition) is 0. The van der Waals surface area contributed by atoms with E-state index in [1.165, 1.54) is 16.7 Å². The molecule has 0 aromatic heterocycles. The van der Waals surface area contributed by atoms with Gasteiger partial charge in [0.25, 0.3) is 0 Å². The molecule has 0 spiro atoms. The molecule has 0 aliphatic carbocycles. The van der Waals surface area contributed by atoms with Crippen molar-refractivity contribution >= 4 is 11.8 Å². The molecule has 2 aromatic rings. The van der Waals surface area contributed by atoms with Crippen molar-refractivity contribution in [3.8, 4) is 6.07 Å². The van der Waals surface area contributed by atoms with E-state index in [0.29, 0.717) is 5.92 Å². The van der Waals surface area contributed by atoms with Gasteiger partial charge in [-0.05, 0) is 34.7 Å². The zero-order valence-electron chi connectivity index (χ0n) is 12.0. The molecule has 1 nitrogen and oxygen atoms in total. The van der Waals surface area contributed by atoms with Crippen LogP contribution in [0.2, 0.25) is 0 Å². The van der Waals surface area contributed by atoms with Gasteiger partial charge in [-0.25, -0.2) is 0 Å². The summed E-state index contributed by atoms with van der Waals surface area (Å²) < 4.78 is 0. The van der Waals surface area contributed by atoms with Crippen molar-refractivity contribution in [3.63, 3.8) is 0 Å². The summed E-state index contributed by atoms with van der Waals surface area (Å²) in [6.45, 7) is 4.43. The quantitative estimate of drug-likeness (QED) is 0.760. The third-order valence-electron chi connectivity index (χ3n) is 3.24. The molecule has 0 aliphatic heterocycles. The molecule has 102 valence electrons. The Bertz CT molecular complexity index is 594. The van der Waals surface area contributed by atoms with Crippen LogP contribution in [0.15, 0.2) is 48.5 Å². The molecule has 0 atom stereocenters. The fourth-order valence-corrected chi connectivity index (χ4v) is 2.96. The van der Waals surface area contributed by atoms with E-state index in [1.807, 2.05) is 30.0 Å². The van der Waals surface area contributed by atoms with E-state index in [9.17, 15) is 0 Å². The molecule has 0 radical (unpaired) electrons. The zero-order valence-corrected chi connectivity index (χ0v) is 12.8. The number of benzene rings is 2. The predicted octanol–water partition coefficient (Wildman–Crippen LogP) is 5.12. The minimum Gasteiger partial charge on any atom is -0.192 e. The summed E-state index contributed by atoms with van der Waals surface area (Å²) in [7, 11) is 0. The van der Waals surface area contributed by atoms with E-state index in [2.05, 4.69) is 50.2 Å². The highest BCUT2D eigenvalue weighted by atomic mass is 32.2. The van der Waals surface area contributed by atoms with Crippen molar-refractivity contribution in [2.75, 3.05) is 0 Å². The molecule has 0 saturated heterocycles. The van der Waals surface area contributed by atoms with Crippen LogP contribution in [0, 0.1) is 11.3 Å². The minimum atomic E-state index is 0.588. The highest BCUT2D eigenvalue weighted by molar-refractivity contribution is 7.97. The fraction of sp³-hybridized carbons (Fsp3) is 0.278. The van der Waals surface area contributed by atoms with Gasteiger partial charge in [-0.15, -0.1) is 0 Å². The normalized spacial score (nSPS) is 10.5. The van der Waals surface area contributed by atoms with Gasteiger partial charge in [-0.3, -0.25) is 0 Å². The van der Waals surface area contributed by atoms with Crippen molar-refractivity contribution in [2.24, 2.45) is 0 Å². The molecular formula is C18H19NS. The van der Waals surface area contributed by atoms with Gasteiger partial charge >= 0.3 is 0 Å². The second kappa shape index (κ2) is 7.17. The maximum absolute atomic E-state index is 8.88. The van der Waals surface area contributed by atoms with Gasteiger partial charge in [0.05, 0.1) is 11.6 Å². The Morgan fingerprint density at radius 3 is 2.35 bits per heavy atom. The summed E-state index contributed by atoms with van der Waals surface area (Å²) in [6.07, 6.45) is 0. The Morgan fingerprint density at radius 1 is 1.00 bits per heavy atom. The summed E-state index contributed by atoms with van der Waals surface area (Å²) in [5, 5.41) is 8.88. The lowest BCUT2D eigenvalue weighted by Crippen LogP contribution is -1.88. The Balaban J connectivity index is 1.88. The monoisotopic (exact) mass is 281 g/mol. The van der Waals surface area contributed by atoms with E-state index in [1.54, 1.807) is 0 Å². The Labute approximate surface area is 125 Å². The van der Waals surface area contributed by atoms with Gasteiger partial charge < -0.3 is 0 Å². The van der Waals surface area contributed by atoms with Gasteiger partial charge in [-0.2, -0.15) is 17.0 Å². The summed E-state index contributed by atoms with van der Waals surface area (Å²) in [5.74, 6) is 2.54. The summed E-state index contributed by atoms with van der Waals surface area (Å²) in [5.41, 5.74) is 4.70. The number of hydrogen-bond acceptors (Lipinski definition) is 2. The van der Waals surface area contributed by atoms with E-state index in [-0.39, 0.29) is 0 Å². The van der Waals surface area contributed by atoms with Crippen LogP contribution in [0.3, 0.4) is 0 Å². The summed E-state index contributed by atoms with van der Waals surface area (Å²) in [4.78, 5) is 0. The van der Waals surface area contributed by atoms with Crippen LogP contribution in [-0.4, -0.2) is 0 Å². The Hall–Kier alpha value is -1.72. The number of nitrogens with zero attached hydrogens (tertiary/aromatic N) is 1. The smallest absolute Gasteiger partial charge is 0.0991 e. The molecule has 2 heteroatoms. The second-order valence-electron chi connectivity index (χ2n) is 5.20. The SMILES string of the molecule is CC(C)c1ccc(CSCc2cccc(C#N)c2)cc1. The second-order valence-corrected chi connectivity index (χ2v) is 6.19. The lowest BCUT2D eigenvalue weighted by molar-refractivity contribution is 0.866. The molecule has 0 bridgehead atoms. The number of thioether (sulfide) groups is 1. The molecule has 0 saturated carbocycles. The number of nitriles is 1. The summed E-state index contributed by atoms with van der Waals surface area (Å²) >= 11 is 1.88. The fourth-order valence-electron chi connectivity index (χ4n) is 2.02. The highest BCUT2D eigenvalue weighted by Crippen LogP contribution is 2.20. The van der Waals surface area contributed by atoms with Crippen LogP contribution in [0.1, 0.15) is 42.0 Å². The Kier molecular flexibility index (Phi) is 5.26. The van der Waals surface area contributed by atoms with Crippen molar-refractivity contribution in [3.05, 3.63) is 70.8 Å². The molecule has 0 N–H and O–H groups in total. The topological polar surface area (TPSA) is 23.8 Å². The van der Waals surface area contributed by atoms with E-state index >= 15 is 0 Å². The molecule has 0 heterocycles. The van der Waals surface area contributed by atoms with Crippen molar-refractivity contribution in [2.45, 2.75) is 31.3 Å². The maximum Gasteiger partial charge on any atom is 0.0991 e. The lowest BCUT2D eigenvalue weighted by Gasteiger charge is -2.07. The first-order valence-electron chi connectivity index (χ1n) is 6.84. The van der Waals surface area contributed by atoms with Crippen LogP contribution in [-0.2, 0) is 11.5 Å². The minimum absolute atomic E-state index is 0.588. The largest absolute Gasteiger partial charge is 0.192 e. The van der Waals surface area contributed by atoms with Crippen molar-refractivity contribution < 1.29 is 0 Å². The van der Waals surface area contributed by atoms with Crippen molar-refractivity contribution in [1.29, 1.82) is 5.26 Å². The van der Waals surface area contributed by atoms with Gasteiger partial charge in [0.15, 0.2) is 0 Å². The number of rotatable bonds is 5. The molecule has 0 unspecified atom stereocenters. The molecule has 2 rings (SSSR count). The third kappa shape index (κ3) is 4.15. The van der Waals surface area contributed by atoms with Gasteiger partial charge in [-0.1, -0.05) is 50.2 Å². The Morgan fingerprint density at radius 2 is 1.70 bits per heavy atom. The average molecular weight is 281 g/mol. The molecule has 20 heavy (non-hydrogen) atoms.